The van der Waals surface area contributed by atoms with E-state index in [1.54, 1.807) is 180 Å². The molecule has 0 fully saturated rings. The fourth-order valence-corrected chi connectivity index (χ4v) is 10.1. The highest BCUT2D eigenvalue weighted by Gasteiger charge is 2.20. The minimum absolute atomic E-state index is 0.0267. The number of carbonyl (C=O) groups excluding carboxylic acids is 11. The quantitative estimate of drug-likeness (QED) is 0.0341. The summed E-state index contributed by atoms with van der Waals surface area (Å²) in [4.78, 5) is 149. The van der Waals surface area contributed by atoms with E-state index >= 15 is 0 Å². The fraction of sp³-hybridized carbons (Fsp3) is 0.415. The van der Waals surface area contributed by atoms with Gasteiger partial charge in [-0.3, -0.25) is 28.8 Å². The highest BCUT2D eigenvalue weighted by molar-refractivity contribution is 6.04. The second-order valence-corrected chi connectivity index (χ2v) is 26.5. The lowest BCUT2D eigenvalue weighted by Crippen LogP contribution is -2.11. The van der Waals surface area contributed by atoms with Crippen molar-refractivity contribution in [2.24, 2.45) is 23.7 Å². The van der Waals surface area contributed by atoms with Crippen molar-refractivity contribution >= 4 is 76.5 Å². The van der Waals surface area contributed by atoms with E-state index in [1.807, 2.05) is 129 Å². The summed E-state index contributed by atoms with van der Waals surface area (Å²) in [6, 6.07) is 35.5. The molecule has 0 aliphatic heterocycles. The molecule has 0 saturated heterocycles. The lowest BCUT2D eigenvalue weighted by atomic mass is 9.97. The van der Waals surface area contributed by atoms with Crippen LogP contribution in [0.5, 0.6) is 0 Å². The van der Waals surface area contributed by atoms with Gasteiger partial charge in [-0.15, -0.1) is 0 Å². The molecule has 0 amide bonds. The number of aryl methyl sites for hydroxylation is 8. The number of ketones is 6. The van der Waals surface area contributed by atoms with Gasteiger partial charge in [0.25, 0.3) is 0 Å². The first-order valence-corrected chi connectivity index (χ1v) is 38.8. The van der Waals surface area contributed by atoms with Crippen molar-refractivity contribution < 1.29 is 96.2 Å². The summed E-state index contributed by atoms with van der Waals surface area (Å²) in [5.41, 5.74) is 13.2. The Bertz CT molecular complexity index is 4150. The first-order chi connectivity index (χ1) is 53.5. The first-order valence-electron chi connectivity index (χ1n) is 38.8. The Morgan fingerprint density at radius 1 is 0.246 bits per heavy atom. The van der Waals surface area contributed by atoms with Gasteiger partial charge in [0, 0.05) is 63.5 Å². The summed E-state index contributed by atoms with van der Waals surface area (Å²) in [6.45, 7) is 55.3. The number of hydrogen-bond donors (Lipinski definition) is 2. The van der Waals surface area contributed by atoms with Crippen LogP contribution in [0.4, 0.5) is 0 Å². The first kappa shape index (κ1) is 107. The molecule has 20 heteroatoms. The number of Topliss-reactive ketones (excluding diaryl/α,β-unsaturated/α-hetero) is 6. The van der Waals surface area contributed by atoms with Crippen LogP contribution in [0, 0.1) is 79.1 Å². The number of carbonyl (C=O) groups is 13. The standard InChI is InChI=1S/2C14H18O3.C13H16O3.3C12H14O3.C11H14O2.3C2H6/c2*1-5-17-14(16)12-7-10(4)6-11(8-12)13(15)9(2)3;1-4-12(14)10-6-9(3)7-11(8-10)13(15)16-5-2;2*1-7(2)11(13)9-4-8(3)5-10(6-9)12(14)15;1-4-15-12(14)11-6-8(2)5-10(7-11)9(3)13;1-4-13-11(12)10-6-8(2)5-9(3)7-10;3*1-2/h2*6-9H,5H2,1-4H3;6-8H,4-5H2,1-3H3;2*4-7H,1-3H3,(H,14,15);5-7H,4H2,1-3H3;5-7H,4H2,1-3H3;3*1-2H3. The van der Waals surface area contributed by atoms with Crippen LogP contribution >= 0.6 is 0 Å². The topological polar surface area (TPSA) is 309 Å². The zero-order chi connectivity index (χ0) is 88.6. The second-order valence-electron chi connectivity index (χ2n) is 26.5. The van der Waals surface area contributed by atoms with Gasteiger partial charge in [0.05, 0.1) is 72.0 Å². The van der Waals surface area contributed by atoms with Crippen molar-refractivity contribution in [2.45, 2.75) is 207 Å². The fourth-order valence-electron chi connectivity index (χ4n) is 10.1. The Morgan fingerprint density at radius 2 is 0.404 bits per heavy atom. The van der Waals surface area contributed by atoms with Gasteiger partial charge >= 0.3 is 41.8 Å². The van der Waals surface area contributed by atoms with Gasteiger partial charge in [0.15, 0.2) is 34.7 Å². The van der Waals surface area contributed by atoms with Gasteiger partial charge in [-0.1, -0.05) is 121 Å². The van der Waals surface area contributed by atoms with Crippen LogP contribution in [-0.2, 0) is 23.7 Å². The molecule has 7 rings (SSSR count). The molecular weight excluding hydrogens is 1450 g/mol. The number of hydrogen-bond acceptors (Lipinski definition) is 18. The van der Waals surface area contributed by atoms with Crippen molar-refractivity contribution in [1.29, 1.82) is 0 Å². The predicted octanol–water partition coefficient (Wildman–Crippen LogP) is 21.8. The van der Waals surface area contributed by atoms with Crippen LogP contribution in [0.15, 0.2) is 127 Å². The average molecular weight is 1580 g/mol. The minimum atomic E-state index is -1.00. The number of ether oxygens (including phenoxy) is 5. The normalized spacial score (nSPS) is 9.80. The molecule has 0 aromatic heterocycles. The van der Waals surface area contributed by atoms with Gasteiger partial charge in [-0.05, 0) is 252 Å². The molecule has 0 radical (unpaired) electrons. The van der Waals surface area contributed by atoms with Crippen LogP contribution in [0.2, 0.25) is 0 Å². The Hall–Kier alpha value is -11.2. The maximum absolute atomic E-state index is 11.9. The van der Waals surface area contributed by atoms with E-state index in [9.17, 15) is 62.3 Å². The van der Waals surface area contributed by atoms with Gasteiger partial charge in [0.1, 0.15) is 0 Å². The van der Waals surface area contributed by atoms with Crippen molar-refractivity contribution in [2.75, 3.05) is 33.0 Å². The largest absolute Gasteiger partial charge is 0.478 e. The van der Waals surface area contributed by atoms with Crippen molar-refractivity contribution in [3.8, 4) is 0 Å². The van der Waals surface area contributed by atoms with E-state index in [0.29, 0.717) is 101 Å². The Kier molecular flexibility index (Phi) is 53.5. The van der Waals surface area contributed by atoms with E-state index in [2.05, 4.69) is 0 Å². The lowest BCUT2D eigenvalue weighted by Gasteiger charge is -2.08. The minimum Gasteiger partial charge on any atom is -0.478 e. The third-order valence-corrected chi connectivity index (χ3v) is 15.0. The van der Waals surface area contributed by atoms with Gasteiger partial charge in [-0.25, -0.2) is 33.6 Å². The highest BCUT2D eigenvalue weighted by Crippen LogP contribution is 2.21. The zero-order valence-electron chi connectivity index (χ0n) is 72.9. The van der Waals surface area contributed by atoms with Crippen LogP contribution in [0.25, 0.3) is 0 Å². The van der Waals surface area contributed by atoms with Crippen LogP contribution in [0.1, 0.15) is 331 Å². The maximum Gasteiger partial charge on any atom is 0.338 e. The Labute approximate surface area is 677 Å². The van der Waals surface area contributed by atoms with Crippen LogP contribution in [0.3, 0.4) is 0 Å². The molecule has 0 spiro atoms. The van der Waals surface area contributed by atoms with Crippen molar-refractivity contribution in [1.82, 2.24) is 0 Å². The molecule has 0 bridgehead atoms. The third-order valence-electron chi connectivity index (χ3n) is 15.0. The van der Waals surface area contributed by atoms with Crippen molar-refractivity contribution in [3.63, 3.8) is 0 Å². The molecule has 7 aromatic rings. The lowest BCUT2D eigenvalue weighted by molar-refractivity contribution is 0.0516. The maximum atomic E-state index is 11.9. The Balaban J connectivity index is -0.00000125. The van der Waals surface area contributed by atoms with Gasteiger partial charge in [0.2, 0.25) is 0 Å². The van der Waals surface area contributed by atoms with Crippen LogP contribution in [-0.4, -0.2) is 120 Å². The van der Waals surface area contributed by atoms with E-state index in [1.165, 1.54) is 19.1 Å². The molecule has 7 aromatic carbocycles. The van der Waals surface area contributed by atoms with Gasteiger partial charge < -0.3 is 33.9 Å². The number of rotatable bonds is 23. The summed E-state index contributed by atoms with van der Waals surface area (Å²) >= 11 is 0. The summed E-state index contributed by atoms with van der Waals surface area (Å²) < 4.78 is 24.5. The molecule has 0 saturated carbocycles. The SMILES string of the molecule is CC.CC.CC.CCOC(=O)c1cc(C)cc(C(=O)C(C)C)c1.CCOC(=O)c1cc(C)cc(C(=O)C(C)C)c1.CCOC(=O)c1cc(C)cc(C(=O)CC)c1.CCOC(=O)c1cc(C)cc(C(C)=O)c1.CCOC(=O)c1cc(C)cc(C)c1.Cc1cc(C(=O)O)cc(C(=O)C(C)C)c1.Cc1cc(C(=O)O)cc(C(=O)C(C)C)c1. The number of carboxylic acid groups (broad SMARTS) is 2. The third kappa shape index (κ3) is 40.4. The molecule has 0 aliphatic rings. The Morgan fingerprint density at radius 3 is 0.596 bits per heavy atom. The molecule has 0 unspecified atom stereocenters. The number of aromatic carboxylic acids is 2. The zero-order valence-corrected chi connectivity index (χ0v) is 72.9. The molecule has 0 atom stereocenters. The average Bonchev–Trinajstić information content (AvgIpc) is 0.833. The molecular formula is C94H126O20. The summed E-state index contributed by atoms with van der Waals surface area (Å²) in [5, 5.41) is 17.7. The summed E-state index contributed by atoms with van der Waals surface area (Å²) in [7, 11) is 0. The molecule has 2 N–H and O–H groups in total. The summed E-state index contributed by atoms with van der Waals surface area (Å²) in [5.74, 6) is -4.15. The van der Waals surface area contributed by atoms with E-state index in [-0.39, 0.29) is 99.3 Å². The van der Waals surface area contributed by atoms with E-state index in [0.717, 1.165) is 44.5 Å². The number of esters is 5. The molecule has 622 valence electrons. The van der Waals surface area contributed by atoms with Gasteiger partial charge in [-0.2, -0.15) is 0 Å². The number of benzene rings is 7. The monoisotopic (exact) mass is 1570 g/mol. The molecule has 0 aliphatic carbocycles. The van der Waals surface area contributed by atoms with Crippen molar-refractivity contribution in [3.05, 3.63) is 244 Å². The molecule has 114 heavy (non-hydrogen) atoms. The second kappa shape index (κ2) is 57.0. The molecule has 0 heterocycles. The van der Waals surface area contributed by atoms with E-state index < -0.39 is 11.9 Å². The highest BCUT2D eigenvalue weighted by atomic mass is 16.5. The summed E-state index contributed by atoms with van der Waals surface area (Å²) in [6.07, 6.45) is 0.436. The predicted molar refractivity (Wildman–Crippen MR) is 452 cm³/mol. The number of carboxylic acids is 2. The molecule has 20 nitrogen and oxygen atoms in total. The van der Waals surface area contributed by atoms with E-state index in [4.69, 9.17) is 33.9 Å². The van der Waals surface area contributed by atoms with Crippen LogP contribution < -0.4 is 0 Å². The smallest absolute Gasteiger partial charge is 0.338 e.